The van der Waals surface area contributed by atoms with Gasteiger partial charge in [-0.15, -0.1) is 59.7 Å². The Bertz CT molecular complexity index is 2200. The number of hydrogen-bond donors (Lipinski definition) is 0. The number of benzene rings is 4. The first-order valence-corrected chi connectivity index (χ1v) is 20.6. The summed E-state index contributed by atoms with van der Waals surface area (Å²) in [6.07, 6.45) is 7.45. The molecular weight excluding hydrogens is 785 g/mol. The average molecular weight is 826 g/mol. The Morgan fingerprint density at radius 1 is 0.851 bits per heavy atom. The fraction of sp³-hybridized carbons (Fsp3) is 0.238. The number of aromatic nitrogens is 2. The van der Waals surface area contributed by atoms with E-state index >= 15 is 0 Å². The van der Waals surface area contributed by atoms with E-state index in [-0.39, 0.29) is 20.1 Å². The van der Waals surface area contributed by atoms with Crippen molar-refractivity contribution in [2.24, 2.45) is 5.92 Å². The van der Waals surface area contributed by atoms with Gasteiger partial charge in [0.25, 0.3) is 0 Å². The third-order valence-corrected chi connectivity index (χ3v) is 12.7. The number of nitrogens with zero attached hydrogens (tertiary/aromatic N) is 2. The van der Waals surface area contributed by atoms with Crippen molar-refractivity contribution < 1.29 is 21.5 Å². The number of thiophene rings is 1. The number of aryl methyl sites for hydroxylation is 1. The Morgan fingerprint density at radius 2 is 1.68 bits per heavy atom. The number of hydrogen-bond acceptors (Lipinski definition) is 3. The molecule has 1 aliphatic carbocycles. The zero-order valence-electron chi connectivity index (χ0n) is 28.6. The van der Waals surface area contributed by atoms with Crippen molar-refractivity contribution in [3.63, 3.8) is 0 Å². The Hall–Kier alpha value is -3.47. The van der Waals surface area contributed by atoms with Crippen LogP contribution in [0.1, 0.15) is 44.6 Å². The average Bonchev–Trinajstić information content (AvgIpc) is 3.43. The second-order valence-corrected chi connectivity index (χ2v) is 19.6. The summed E-state index contributed by atoms with van der Waals surface area (Å²) in [7, 11) is -1.23. The van der Waals surface area contributed by atoms with Crippen LogP contribution < -0.4 is 5.19 Å². The fourth-order valence-electron chi connectivity index (χ4n) is 6.37. The van der Waals surface area contributed by atoms with Gasteiger partial charge >= 0.3 is 0 Å². The quantitative estimate of drug-likeness (QED) is 0.128. The van der Waals surface area contributed by atoms with E-state index in [1.165, 1.54) is 48.1 Å². The van der Waals surface area contributed by atoms with E-state index in [9.17, 15) is 0 Å². The maximum absolute atomic E-state index is 9.01. The van der Waals surface area contributed by atoms with Crippen molar-refractivity contribution >= 4 is 55.5 Å². The maximum atomic E-state index is 9.01. The summed E-state index contributed by atoms with van der Waals surface area (Å²) in [5, 5.41) is 6.59. The molecule has 0 bridgehead atoms. The van der Waals surface area contributed by atoms with Gasteiger partial charge < -0.3 is 9.97 Å². The molecular formula is C42H40IrN2SSi-2. The molecule has 0 aliphatic heterocycles. The van der Waals surface area contributed by atoms with Crippen molar-refractivity contribution in [3.05, 3.63) is 127 Å². The summed E-state index contributed by atoms with van der Waals surface area (Å²) in [6.45, 7) is 11.3. The summed E-state index contributed by atoms with van der Waals surface area (Å²) in [4.78, 5) is 9.24. The van der Waals surface area contributed by atoms with Gasteiger partial charge in [0.05, 0.1) is 8.07 Å². The standard InChI is InChI=1S/C28H24NS.C14H16NSi.Ir/c1-17-6-3-9-20-12-13-23-22-10-5-11-24(27(22)30-28(23)26(17)20)25-16-21(14-15-29-25)18(2)19-7-4-8-19;1-16(2,3)13-9-10-14(15-11-13)12-7-5-4-6-8-12;/h3,5-6,9-10,12-16,18-19H,4,7-8H2,1-2H3;4-7,9-11H,1-3H3;/q2*-1;/i18D;;. The number of fused-ring (bicyclic) bond motifs is 5. The van der Waals surface area contributed by atoms with E-state index in [1.54, 1.807) is 0 Å². The topological polar surface area (TPSA) is 25.8 Å². The Balaban J connectivity index is 0.000000201. The molecule has 4 aromatic carbocycles. The minimum atomic E-state index is -1.23. The van der Waals surface area contributed by atoms with Gasteiger partial charge in [-0.25, -0.2) is 0 Å². The third kappa shape index (κ3) is 6.78. The van der Waals surface area contributed by atoms with Gasteiger partial charge in [0.1, 0.15) is 0 Å². The molecule has 3 heterocycles. The van der Waals surface area contributed by atoms with Crippen LogP contribution >= 0.6 is 11.3 Å². The van der Waals surface area contributed by atoms with Crippen LogP contribution in [-0.4, -0.2) is 18.0 Å². The SMILES string of the molecule is C[Si](C)(C)c1ccc(-c2[c-]cccc2)nc1.[2H]C(C)(c1ccnc(-c2[c-]ccc3c2sc2c3ccc3cccc(C)c32)c1)C1CCC1.[Ir]. The predicted octanol–water partition coefficient (Wildman–Crippen LogP) is 11.4. The van der Waals surface area contributed by atoms with Crippen LogP contribution in [0.25, 0.3) is 53.5 Å². The molecule has 1 aliphatic rings. The first-order valence-electron chi connectivity index (χ1n) is 16.8. The van der Waals surface area contributed by atoms with E-state index in [1.807, 2.05) is 60.1 Å². The van der Waals surface area contributed by atoms with Crippen LogP contribution in [0.4, 0.5) is 0 Å². The molecule has 7 aromatic rings. The number of pyridine rings is 2. The molecule has 239 valence electrons. The largest absolute Gasteiger partial charge is 0.305 e. The van der Waals surface area contributed by atoms with Gasteiger partial charge in [0, 0.05) is 44.0 Å². The van der Waals surface area contributed by atoms with Gasteiger partial charge in [-0.3, -0.25) is 0 Å². The molecule has 0 spiro atoms. The van der Waals surface area contributed by atoms with Crippen molar-refractivity contribution in [1.29, 1.82) is 0 Å². The van der Waals surface area contributed by atoms with Crippen molar-refractivity contribution in [2.75, 3.05) is 0 Å². The Labute approximate surface area is 299 Å². The minimum Gasteiger partial charge on any atom is -0.305 e. The summed E-state index contributed by atoms with van der Waals surface area (Å²) < 4.78 is 11.6. The van der Waals surface area contributed by atoms with Gasteiger partial charge in [-0.1, -0.05) is 92.5 Å². The monoisotopic (exact) mass is 826 g/mol. The van der Waals surface area contributed by atoms with Crippen molar-refractivity contribution in [3.8, 4) is 22.5 Å². The van der Waals surface area contributed by atoms with E-state index in [0.717, 1.165) is 40.9 Å². The zero-order chi connectivity index (χ0) is 32.8. The Kier molecular flexibility index (Phi) is 9.52. The smallest absolute Gasteiger partial charge is 0.0795 e. The maximum Gasteiger partial charge on any atom is 0.0795 e. The molecule has 0 N–H and O–H groups in total. The first-order chi connectivity index (χ1) is 22.6. The molecule has 1 saturated carbocycles. The summed E-state index contributed by atoms with van der Waals surface area (Å²) in [5.41, 5.74) is 6.41. The molecule has 0 saturated heterocycles. The number of rotatable bonds is 5. The summed E-state index contributed by atoms with van der Waals surface area (Å²) in [6, 6.07) is 38.3. The molecule has 1 atom stereocenters. The van der Waals surface area contributed by atoms with Gasteiger partial charge in [-0.2, -0.15) is 11.3 Å². The molecule has 2 nitrogen and oxygen atoms in total. The zero-order valence-corrected chi connectivity index (χ0v) is 31.9. The van der Waals surface area contributed by atoms with Gasteiger partial charge in [0.15, 0.2) is 0 Å². The van der Waals surface area contributed by atoms with Gasteiger partial charge in [0.2, 0.25) is 0 Å². The van der Waals surface area contributed by atoms with Crippen LogP contribution in [0.5, 0.6) is 0 Å². The van der Waals surface area contributed by atoms with Crippen LogP contribution in [-0.2, 0) is 20.1 Å². The molecule has 5 heteroatoms. The fourth-order valence-corrected chi connectivity index (χ4v) is 8.84. The van der Waals surface area contributed by atoms with Crippen LogP contribution in [0, 0.1) is 25.0 Å². The second-order valence-electron chi connectivity index (χ2n) is 13.5. The van der Waals surface area contributed by atoms with Crippen LogP contribution in [0.3, 0.4) is 0 Å². The molecule has 3 aromatic heterocycles. The van der Waals surface area contributed by atoms with Crippen LogP contribution in [0.15, 0.2) is 103 Å². The van der Waals surface area contributed by atoms with E-state index in [0.29, 0.717) is 5.92 Å². The molecule has 8 rings (SSSR count). The molecule has 1 radical (unpaired) electrons. The van der Waals surface area contributed by atoms with E-state index in [2.05, 4.69) is 105 Å². The third-order valence-electron chi connectivity index (χ3n) is 9.45. The normalized spacial score (nSPS) is 14.9. The van der Waals surface area contributed by atoms with Crippen LogP contribution in [0.2, 0.25) is 19.6 Å². The predicted molar refractivity (Wildman–Crippen MR) is 201 cm³/mol. The Morgan fingerprint density at radius 3 is 2.38 bits per heavy atom. The van der Waals surface area contributed by atoms with E-state index in [4.69, 9.17) is 6.35 Å². The van der Waals surface area contributed by atoms with Crippen molar-refractivity contribution in [1.82, 2.24) is 9.97 Å². The van der Waals surface area contributed by atoms with E-state index < -0.39 is 14.0 Å². The molecule has 1 unspecified atom stereocenters. The van der Waals surface area contributed by atoms with Crippen molar-refractivity contribution in [2.45, 2.75) is 58.6 Å². The summed E-state index contributed by atoms with van der Waals surface area (Å²) >= 11 is 1.84. The van der Waals surface area contributed by atoms with Gasteiger partial charge in [-0.05, 0) is 75.3 Å². The molecule has 1 fully saturated rings. The second kappa shape index (κ2) is 13.9. The first kappa shape index (κ1) is 32.1. The molecule has 0 amide bonds. The summed E-state index contributed by atoms with van der Waals surface area (Å²) in [5.74, 6) is -0.113. The molecule has 47 heavy (non-hydrogen) atoms. The minimum absolute atomic E-state index is 0.